The molecule has 2 nitrogen and oxygen atoms in total. The summed E-state index contributed by atoms with van der Waals surface area (Å²) in [7, 11) is 0. The summed E-state index contributed by atoms with van der Waals surface area (Å²) in [5.74, 6) is 0. The van der Waals surface area contributed by atoms with Crippen LogP contribution >= 0.6 is 0 Å². The third-order valence-electron chi connectivity index (χ3n) is 5.25. The van der Waals surface area contributed by atoms with Crippen molar-refractivity contribution in [2.24, 2.45) is 0 Å². The van der Waals surface area contributed by atoms with Gasteiger partial charge in [-0.2, -0.15) is 0 Å². The number of para-hydroxylation sites is 1. The van der Waals surface area contributed by atoms with Gasteiger partial charge in [0.25, 0.3) is 0 Å². The molecule has 0 atom stereocenters. The van der Waals surface area contributed by atoms with Crippen LogP contribution < -0.4 is 5.32 Å². The van der Waals surface area contributed by atoms with E-state index in [0.29, 0.717) is 0 Å². The molecular weight excluding hydrogens is 340 g/mol. The molecular formula is C26H22N2. The molecule has 0 unspecified atom stereocenters. The first-order valence-corrected chi connectivity index (χ1v) is 9.70. The van der Waals surface area contributed by atoms with E-state index in [1.807, 2.05) is 0 Å². The van der Waals surface area contributed by atoms with Gasteiger partial charge in [0.15, 0.2) is 0 Å². The van der Waals surface area contributed by atoms with Crippen LogP contribution in [0.2, 0.25) is 0 Å². The summed E-state index contributed by atoms with van der Waals surface area (Å²) < 4.78 is 2.35. The van der Waals surface area contributed by atoms with Gasteiger partial charge < -0.3 is 9.88 Å². The van der Waals surface area contributed by atoms with Crippen molar-refractivity contribution in [3.05, 3.63) is 102 Å². The van der Waals surface area contributed by atoms with E-state index in [-0.39, 0.29) is 0 Å². The van der Waals surface area contributed by atoms with Crippen LogP contribution in [0.15, 0.2) is 84.9 Å². The summed E-state index contributed by atoms with van der Waals surface area (Å²) in [6, 6.07) is 25.8. The zero-order valence-corrected chi connectivity index (χ0v) is 15.9. The molecule has 0 aliphatic heterocycles. The third-order valence-corrected chi connectivity index (χ3v) is 5.25. The zero-order valence-electron chi connectivity index (χ0n) is 15.9. The van der Waals surface area contributed by atoms with E-state index in [4.69, 9.17) is 0 Å². The average molecular weight is 362 g/mol. The van der Waals surface area contributed by atoms with Gasteiger partial charge in [0.2, 0.25) is 0 Å². The highest BCUT2D eigenvalue weighted by Gasteiger charge is 2.15. The molecule has 28 heavy (non-hydrogen) atoms. The Balaban J connectivity index is 1.56. The molecule has 0 saturated carbocycles. The Morgan fingerprint density at radius 2 is 1.43 bits per heavy atom. The fraction of sp³-hybridized carbons (Fsp3) is 0.0769. The first kappa shape index (κ1) is 16.6. The van der Waals surface area contributed by atoms with Gasteiger partial charge in [-0.15, -0.1) is 0 Å². The van der Waals surface area contributed by atoms with Crippen LogP contribution in [0.3, 0.4) is 0 Å². The molecule has 1 aromatic heterocycles. The van der Waals surface area contributed by atoms with E-state index in [2.05, 4.69) is 114 Å². The van der Waals surface area contributed by atoms with Gasteiger partial charge in [0, 0.05) is 28.0 Å². The van der Waals surface area contributed by atoms with Crippen molar-refractivity contribution in [1.29, 1.82) is 0 Å². The SMILES string of the molecule is Cc1ccc(Nc2ccc(-n3c4c(c5ccccc53)C=CCC=C4)cc2)cc1. The Kier molecular flexibility index (Phi) is 4.10. The molecule has 0 saturated heterocycles. The van der Waals surface area contributed by atoms with E-state index < -0.39 is 0 Å². The fourth-order valence-corrected chi connectivity index (χ4v) is 3.84. The van der Waals surface area contributed by atoms with E-state index >= 15 is 0 Å². The Bertz CT molecular complexity index is 1190. The topological polar surface area (TPSA) is 17.0 Å². The van der Waals surface area contributed by atoms with Crippen molar-refractivity contribution >= 4 is 34.4 Å². The number of anilines is 2. The summed E-state index contributed by atoms with van der Waals surface area (Å²) in [6.45, 7) is 2.10. The van der Waals surface area contributed by atoms with Crippen LogP contribution in [0, 0.1) is 6.92 Å². The van der Waals surface area contributed by atoms with E-state index in [0.717, 1.165) is 17.8 Å². The van der Waals surface area contributed by atoms with Crippen molar-refractivity contribution in [3.63, 3.8) is 0 Å². The lowest BCUT2D eigenvalue weighted by Gasteiger charge is -2.11. The lowest BCUT2D eigenvalue weighted by Crippen LogP contribution is -1.97. The Hall–Kier alpha value is -3.52. The highest BCUT2D eigenvalue weighted by Crippen LogP contribution is 2.33. The molecule has 136 valence electrons. The number of allylic oxidation sites excluding steroid dienone is 2. The largest absolute Gasteiger partial charge is 0.356 e. The predicted octanol–water partition coefficient (Wildman–Crippen LogP) is 7.11. The molecule has 0 spiro atoms. The monoisotopic (exact) mass is 362 g/mol. The van der Waals surface area contributed by atoms with Crippen LogP contribution in [-0.4, -0.2) is 4.57 Å². The summed E-state index contributed by atoms with van der Waals surface area (Å²) in [4.78, 5) is 0. The summed E-state index contributed by atoms with van der Waals surface area (Å²) in [5.41, 5.74) is 8.41. The van der Waals surface area contributed by atoms with Crippen molar-refractivity contribution < 1.29 is 0 Å². The number of nitrogens with zero attached hydrogens (tertiary/aromatic N) is 1. The Labute approximate surface area is 165 Å². The molecule has 0 radical (unpaired) electrons. The summed E-state index contributed by atoms with van der Waals surface area (Å²) in [6.07, 6.45) is 9.93. The van der Waals surface area contributed by atoms with E-state index in [1.54, 1.807) is 0 Å². The highest BCUT2D eigenvalue weighted by atomic mass is 15.0. The van der Waals surface area contributed by atoms with Gasteiger partial charge in [-0.3, -0.25) is 0 Å². The molecule has 1 aliphatic rings. The molecule has 1 N–H and O–H groups in total. The second-order valence-electron chi connectivity index (χ2n) is 7.23. The van der Waals surface area contributed by atoms with Crippen molar-refractivity contribution in [2.75, 3.05) is 5.32 Å². The number of hydrogen-bond acceptors (Lipinski definition) is 1. The number of aromatic nitrogens is 1. The van der Waals surface area contributed by atoms with Crippen LogP contribution in [-0.2, 0) is 0 Å². The van der Waals surface area contributed by atoms with E-state index in [1.165, 1.54) is 33.4 Å². The van der Waals surface area contributed by atoms with Gasteiger partial charge in [0.1, 0.15) is 0 Å². The lowest BCUT2D eigenvalue weighted by atomic mass is 10.1. The first-order valence-electron chi connectivity index (χ1n) is 9.70. The number of fused-ring (bicyclic) bond motifs is 3. The summed E-state index contributed by atoms with van der Waals surface area (Å²) >= 11 is 0. The zero-order chi connectivity index (χ0) is 18.9. The number of rotatable bonds is 3. The number of hydrogen-bond donors (Lipinski definition) is 1. The second-order valence-corrected chi connectivity index (χ2v) is 7.23. The third kappa shape index (κ3) is 2.93. The molecule has 1 heterocycles. The molecule has 2 heteroatoms. The maximum atomic E-state index is 3.48. The highest BCUT2D eigenvalue weighted by molar-refractivity contribution is 5.95. The quantitative estimate of drug-likeness (QED) is 0.411. The van der Waals surface area contributed by atoms with Gasteiger partial charge in [-0.05, 0) is 61.9 Å². The first-order chi connectivity index (χ1) is 13.8. The Morgan fingerprint density at radius 3 is 2.21 bits per heavy atom. The minimum absolute atomic E-state index is 0.975. The second kappa shape index (κ2) is 6.90. The maximum absolute atomic E-state index is 3.48. The number of benzene rings is 3. The van der Waals surface area contributed by atoms with Crippen LogP contribution in [0.5, 0.6) is 0 Å². The molecule has 5 rings (SSSR count). The standard InChI is InChI=1S/C26H22N2/c1-19-11-13-20(14-12-19)27-21-15-17-22(18-16-21)28-25-9-4-2-3-7-23(25)24-8-5-6-10-26(24)28/h3-18,27H,2H2,1H3. The smallest absolute Gasteiger partial charge is 0.0541 e. The van der Waals surface area contributed by atoms with Crippen LogP contribution in [0.4, 0.5) is 11.4 Å². The number of aryl methyl sites for hydroxylation is 1. The van der Waals surface area contributed by atoms with Crippen LogP contribution in [0.1, 0.15) is 23.2 Å². The lowest BCUT2D eigenvalue weighted by molar-refractivity contribution is 1.10. The predicted molar refractivity (Wildman–Crippen MR) is 120 cm³/mol. The van der Waals surface area contributed by atoms with Crippen LogP contribution in [0.25, 0.3) is 28.7 Å². The minimum Gasteiger partial charge on any atom is -0.356 e. The van der Waals surface area contributed by atoms with Crippen molar-refractivity contribution in [3.8, 4) is 5.69 Å². The number of nitrogens with one attached hydrogen (secondary N) is 1. The molecule has 0 fully saturated rings. The maximum Gasteiger partial charge on any atom is 0.0541 e. The minimum atomic E-state index is 0.975. The van der Waals surface area contributed by atoms with Crippen molar-refractivity contribution in [2.45, 2.75) is 13.3 Å². The molecule has 0 amide bonds. The summed E-state index contributed by atoms with van der Waals surface area (Å²) in [5, 5.41) is 4.77. The molecule has 0 bridgehead atoms. The van der Waals surface area contributed by atoms with Gasteiger partial charge in [-0.25, -0.2) is 0 Å². The average Bonchev–Trinajstić information content (AvgIpc) is 2.87. The normalized spacial score (nSPS) is 12.8. The molecule has 3 aromatic carbocycles. The van der Waals surface area contributed by atoms with Gasteiger partial charge in [0.05, 0.1) is 11.2 Å². The Morgan fingerprint density at radius 1 is 0.750 bits per heavy atom. The fourth-order valence-electron chi connectivity index (χ4n) is 3.84. The molecule has 1 aliphatic carbocycles. The van der Waals surface area contributed by atoms with Gasteiger partial charge in [-0.1, -0.05) is 54.1 Å². The molecule has 4 aromatic rings. The van der Waals surface area contributed by atoms with Gasteiger partial charge >= 0.3 is 0 Å². The van der Waals surface area contributed by atoms with E-state index in [9.17, 15) is 0 Å². The van der Waals surface area contributed by atoms with Crippen molar-refractivity contribution in [1.82, 2.24) is 4.57 Å².